The van der Waals surface area contributed by atoms with Gasteiger partial charge in [0.1, 0.15) is 30.2 Å². The lowest BCUT2D eigenvalue weighted by atomic mass is 10.3. The van der Waals surface area contributed by atoms with Gasteiger partial charge in [0, 0.05) is 0 Å². The lowest BCUT2D eigenvalue weighted by Crippen LogP contribution is -2.29. The van der Waals surface area contributed by atoms with Crippen molar-refractivity contribution in [1.29, 1.82) is 0 Å². The molecule has 2 rings (SSSR count). The predicted octanol–water partition coefficient (Wildman–Crippen LogP) is 1.60. The Morgan fingerprint density at radius 1 is 1.39 bits per heavy atom. The van der Waals surface area contributed by atoms with E-state index in [9.17, 15) is 9.18 Å². The van der Waals surface area contributed by atoms with Crippen LogP contribution in [0.3, 0.4) is 0 Å². The Morgan fingerprint density at radius 3 is 2.78 bits per heavy atom. The van der Waals surface area contributed by atoms with Gasteiger partial charge in [0.25, 0.3) is 5.91 Å². The highest BCUT2D eigenvalue weighted by molar-refractivity contribution is 5.93. The lowest BCUT2D eigenvalue weighted by Gasteiger charge is -2.03. The summed E-state index contributed by atoms with van der Waals surface area (Å²) in [6.45, 7) is 0.142. The first-order chi connectivity index (χ1) is 8.69. The fourth-order valence-electron chi connectivity index (χ4n) is 1.34. The van der Waals surface area contributed by atoms with E-state index in [0.717, 1.165) is 0 Å². The van der Waals surface area contributed by atoms with E-state index in [2.05, 4.69) is 0 Å². The van der Waals surface area contributed by atoms with Gasteiger partial charge < -0.3 is 9.15 Å². The van der Waals surface area contributed by atoms with E-state index in [4.69, 9.17) is 15.0 Å². The Morgan fingerprint density at radius 2 is 2.11 bits per heavy atom. The third-order valence-electron chi connectivity index (χ3n) is 2.24. The van der Waals surface area contributed by atoms with Crippen molar-refractivity contribution in [2.24, 2.45) is 5.84 Å². The maximum Gasteiger partial charge on any atom is 0.268 e. The van der Waals surface area contributed by atoms with Gasteiger partial charge in [-0.2, -0.15) is 0 Å². The minimum Gasteiger partial charge on any atom is -0.486 e. The second-order valence-corrected chi connectivity index (χ2v) is 3.52. The van der Waals surface area contributed by atoms with E-state index >= 15 is 0 Å². The van der Waals surface area contributed by atoms with Crippen LogP contribution >= 0.6 is 0 Å². The molecule has 1 aromatic heterocycles. The first kappa shape index (κ1) is 12.1. The topological polar surface area (TPSA) is 77.5 Å². The molecule has 0 aliphatic heterocycles. The average molecular weight is 250 g/mol. The number of nitrogens with two attached hydrogens (primary N) is 1. The molecular weight excluding hydrogens is 239 g/mol. The van der Waals surface area contributed by atoms with E-state index in [1.807, 2.05) is 5.43 Å². The van der Waals surface area contributed by atoms with Crippen LogP contribution in [0.4, 0.5) is 4.39 Å². The quantitative estimate of drug-likeness (QED) is 0.491. The molecule has 5 nitrogen and oxygen atoms in total. The Hall–Kier alpha value is -2.34. The monoisotopic (exact) mass is 250 g/mol. The summed E-state index contributed by atoms with van der Waals surface area (Å²) in [5.41, 5.74) is 2.31. The second-order valence-electron chi connectivity index (χ2n) is 3.52. The molecule has 3 N–H and O–H groups in total. The highest BCUT2D eigenvalue weighted by atomic mass is 19.1. The summed E-state index contributed by atoms with van der Waals surface area (Å²) in [6, 6.07) is 7.12. The smallest absolute Gasteiger partial charge is 0.268 e. The summed E-state index contributed by atoms with van der Waals surface area (Å²) in [4.78, 5) is 11.2. The molecule has 0 radical (unpaired) electrons. The summed E-state index contributed by atoms with van der Waals surface area (Å²) in [7, 11) is 0. The molecule has 1 heterocycles. The van der Waals surface area contributed by atoms with Crippen LogP contribution in [0.5, 0.6) is 5.75 Å². The van der Waals surface area contributed by atoms with Crippen LogP contribution in [0.25, 0.3) is 0 Å². The fourth-order valence-corrected chi connectivity index (χ4v) is 1.34. The van der Waals surface area contributed by atoms with Crippen LogP contribution in [0.1, 0.15) is 16.1 Å². The summed E-state index contributed by atoms with van der Waals surface area (Å²) in [6.07, 6.45) is 1.28. The summed E-state index contributed by atoms with van der Waals surface area (Å²) in [5, 5.41) is 0. The predicted molar refractivity (Wildman–Crippen MR) is 61.1 cm³/mol. The van der Waals surface area contributed by atoms with E-state index in [1.165, 1.54) is 36.6 Å². The van der Waals surface area contributed by atoms with Crippen LogP contribution in [0.15, 0.2) is 41.0 Å². The largest absolute Gasteiger partial charge is 0.486 e. The Kier molecular flexibility index (Phi) is 3.59. The molecule has 1 aromatic carbocycles. The number of carbonyl (C=O) groups is 1. The van der Waals surface area contributed by atoms with Crippen LogP contribution in [-0.4, -0.2) is 5.91 Å². The standard InChI is InChI=1S/C12H11FN2O3/c13-9-1-3-10(4-2-9)18-7-11-5-8(6-17-11)12(16)15-14/h1-6H,7,14H2,(H,15,16). The zero-order chi connectivity index (χ0) is 13.0. The normalized spacial score (nSPS) is 10.1. The minimum atomic E-state index is -0.438. The molecular formula is C12H11FN2O3. The van der Waals surface area contributed by atoms with Crippen LogP contribution in [0.2, 0.25) is 0 Å². The van der Waals surface area contributed by atoms with Crippen molar-refractivity contribution in [2.45, 2.75) is 6.61 Å². The second kappa shape index (κ2) is 5.33. The molecule has 0 bridgehead atoms. The molecule has 0 saturated heterocycles. The van der Waals surface area contributed by atoms with Crippen molar-refractivity contribution < 1.29 is 18.3 Å². The number of nitrogen functional groups attached to an aromatic ring is 1. The number of nitrogens with one attached hydrogen (secondary N) is 1. The van der Waals surface area contributed by atoms with Gasteiger partial charge in [-0.25, -0.2) is 10.2 Å². The van der Waals surface area contributed by atoms with Crippen molar-refractivity contribution in [2.75, 3.05) is 0 Å². The third kappa shape index (κ3) is 2.86. The maximum absolute atomic E-state index is 12.7. The highest BCUT2D eigenvalue weighted by Crippen LogP contribution is 2.15. The van der Waals surface area contributed by atoms with Gasteiger partial charge in [-0.15, -0.1) is 0 Å². The number of halogens is 1. The fraction of sp³-hybridized carbons (Fsp3) is 0.0833. The summed E-state index contributed by atoms with van der Waals surface area (Å²) >= 11 is 0. The molecule has 0 spiro atoms. The zero-order valence-corrected chi connectivity index (χ0v) is 9.35. The molecule has 0 unspecified atom stereocenters. The number of rotatable bonds is 4. The van der Waals surface area contributed by atoms with Crippen molar-refractivity contribution >= 4 is 5.91 Å². The van der Waals surface area contributed by atoms with Crippen molar-refractivity contribution in [3.8, 4) is 5.75 Å². The molecule has 94 valence electrons. The number of carbonyl (C=O) groups excluding carboxylic acids is 1. The van der Waals surface area contributed by atoms with Crippen molar-refractivity contribution in [3.63, 3.8) is 0 Å². The van der Waals surface area contributed by atoms with Gasteiger partial charge in [0.05, 0.1) is 5.56 Å². The molecule has 0 aliphatic rings. The number of furan rings is 1. The molecule has 2 aromatic rings. The van der Waals surface area contributed by atoms with E-state index < -0.39 is 5.91 Å². The Balaban J connectivity index is 1.96. The summed E-state index contributed by atoms with van der Waals surface area (Å²) in [5.74, 6) is 5.20. The highest BCUT2D eigenvalue weighted by Gasteiger charge is 2.08. The van der Waals surface area contributed by atoms with Gasteiger partial charge in [-0.3, -0.25) is 10.2 Å². The molecule has 0 saturated carbocycles. The van der Waals surface area contributed by atoms with E-state index in [1.54, 1.807) is 0 Å². The molecule has 6 heteroatoms. The van der Waals surface area contributed by atoms with E-state index in [-0.39, 0.29) is 12.4 Å². The number of hydrogen-bond donors (Lipinski definition) is 2. The Labute approximate surface area is 102 Å². The van der Waals surface area contributed by atoms with Crippen molar-refractivity contribution in [3.05, 3.63) is 53.7 Å². The number of benzene rings is 1. The average Bonchev–Trinajstić information content (AvgIpc) is 2.86. The van der Waals surface area contributed by atoms with Crippen LogP contribution in [-0.2, 0) is 6.61 Å². The third-order valence-corrected chi connectivity index (χ3v) is 2.24. The number of amides is 1. The van der Waals surface area contributed by atoms with Gasteiger partial charge in [-0.1, -0.05) is 0 Å². The van der Waals surface area contributed by atoms with Crippen molar-refractivity contribution in [1.82, 2.24) is 5.43 Å². The molecule has 1 amide bonds. The number of hydrazine groups is 1. The maximum atomic E-state index is 12.7. The van der Waals surface area contributed by atoms with Crippen LogP contribution in [0, 0.1) is 5.82 Å². The molecule has 0 aliphatic carbocycles. The van der Waals surface area contributed by atoms with Gasteiger partial charge >= 0.3 is 0 Å². The summed E-state index contributed by atoms with van der Waals surface area (Å²) < 4.78 is 23.1. The SMILES string of the molecule is NNC(=O)c1coc(COc2ccc(F)cc2)c1. The van der Waals surface area contributed by atoms with Gasteiger partial charge in [-0.05, 0) is 30.3 Å². The first-order valence-corrected chi connectivity index (χ1v) is 5.16. The van der Waals surface area contributed by atoms with E-state index in [0.29, 0.717) is 17.1 Å². The number of ether oxygens (including phenoxy) is 1. The van der Waals surface area contributed by atoms with Crippen LogP contribution < -0.4 is 16.0 Å². The zero-order valence-electron chi connectivity index (χ0n) is 9.35. The Bertz CT molecular complexity index is 537. The molecule has 18 heavy (non-hydrogen) atoms. The first-order valence-electron chi connectivity index (χ1n) is 5.16. The number of hydrogen-bond acceptors (Lipinski definition) is 4. The molecule has 0 atom stereocenters. The lowest BCUT2D eigenvalue weighted by molar-refractivity contribution is 0.0953. The minimum absolute atomic E-state index is 0.142. The van der Waals surface area contributed by atoms with Gasteiger partial charge in [0.2, 0.25) is 0 Å². The van der Waals surface area contributed by atoms with Gasteiger partial charge in [0.15, 0.2) is 0 Å². The molecule has 0 fully saturated rings.